The lowest BCUT2D eigenvalue weighted by Crippen LogP contribution is -2.39. The predicted octanol–water partition coefficient (Wildman–Crippen LogP) is 1.46. The molecule has 7 heteroatoms. The van der Waals surface area contributed by atoms with Crippen LogP contribution >= 0.6 is 0 Å². The van der Waals surface area contributed by atoms with Gasteiger partial charge in [-0.15, -0.1) is 0 Å². The number of halogens is 1. The van der Waals surface area contributed by atoms with Crippen LogP contribution in [0.15, 0.2) is 29.1 Å². The van der Waals surface area contributed by atoms with Crippen LogP contribution in [0.2, 0.25) is 0 Å². The SMILES string of the molecule is CO[C@H]1C[C@@H](CN(C)C(=O)c2cc(=O)[nH]c3cc(F)ccc23)N(C)C1. The summed E-state index contributed by atoms with van der Waals surface area (Å²) in [5.74, 6) is -0.712. The zero-order chi connectivity index (χ0) is 18.1. The number of likely N-dealkylation sites (N-methyl/N-ethyl adjacent to an activating group) is 2. The summed E-state index contributed by atoms with van der Waals surface area (Å²) in [7, 11) is 5.41. The van der Waals surface area contributed by atoms with Gasteiger partial charge in [-0.2, -0.15) is 0 Å². The summed E-state index contributed by atoms with van der Waals surface area (Å²) >= 11 is 0. The van der Waals surface area contributed by atoms with E-state index < -0.39 is 11.4 Å². The van der Waals surface area contributed by atoms with Crippen LogP contribution in [0.5, 0.6) is 0 Å². The van der Waals surface area contributed by atoms with Crippen LogP contribution in [0.3, 0.4) is 0 Å². The number of pyridine rings is 1. The van der Waals surface area contributed by atoms with E-state index in [2.05, 4.69) is 9.88 Å². The number of benzene rings is 1. The number of ether oxygens (including phenoxy) is 1. The predicted molar refractivity (Wildman–Crippen MR) is 93.3 cm³/mol. The van der Waals surface area contributed by atoms with E-state index in [9.17, 15) is 14.0 Å². The maximum Gasteiger partial charge on any atom is 0.254 e. The Hall–Kier alpha value is -2.25. The molecule has 3 rings (SSSR count). The Bertz CT molecular complexity index is 851. The molecule has 1 saturated heterocycles. The van der Waals surface area contributed by atoms with E-state index in [1.54, 1.807) is 19.1 Å². The molecule has 0 bridgehead atoms. The summed E-state index contributed by atoms with van der Waals surface area (Å²) in [6.45, 7) is 1.36. The van der Waals surface area contributed by atoms with Gasteiger partial charge in [0.15, 0.2) is 0 Å². The van der Waals surface area contributed by atoms with Crippen molar-refractivity contribution >= 4 is 16.8 Å². The molecule has 2 aromatic rings. The molecule has 1 aliphatic heterocycles. The summed E-state index contributed by atoms with van der Waals surface area (Å²) in [4.78, 5) is 31.1. The molecular formula is C18H22FN3O3. The molecule has 0 radical (unpaired) electrons. The highest BCUT2D eigenvalue weighted by Crippen LogP contribution is 2.21. The van der Waals surface area contributed by atoms with Crippen LogP contribution in [0.1, 0.15) is 16.8 Å². The van der Waals surface area contributed by atoms with Gasteiger partial charge in [-0.05, 0) is 31.7 Å². The van der Waals surface area contributed by atoms with Gasteiger partial charge in [0.1, 0.15) is 5.82 Å². The number of nitrogens with one attached hydrogen (secondary N) is 1. The highest BCUT2D eigenvalue weighted by molar-refractivity contribution is 6.05. The zero-order valence-corrected chi connectivity index (χ0v) is 14.6. The molecule has 1 amide bonds. The van der Waals surface area contributed by atoms with Gasteiger partial charge in [-0.25, -0.2) is 4.39 Å². The monoisotopic (exact) mass is 347 g/mol. The van der Waals surface area contributed by atoms with Crippen LogP contribution in [-0.2, 0) is 4.74 Å². The van der Waals surface area contributed by atoms with Gasteiger partial charge in [0, 0.05) is 44.7 Å². The minimum absolute atomic E-state index is 0.168. The van der Waals surface area contributed by atoms with Gasteiger partial charge in [-0.3, -0.25) is 14.5 Å². The largest absolute Gasteiger partial charge is 0.380 e. The molecule has 2 heterocycles. The summed E-state index contributed by atoms with van der Waals surface area (Å²) in [6.07, 6.45) is 1.02. The first-order valence-corrected chi connectivity index (χ1v) is 8.20. The van der Waals surface area contributed by atoms with E-state index in [0.717, 1.165) is 13.0 Å². The molecule has 0 unspecified atom stereocenters. The number of likely N-dealkylation sites (tertiary alicyclic amines) is 1. The first-order valence-electron chi connectivity index (χ1n) is 8.20. The third-order valence-electron chi connectivity index (χ3n) is 4.85. The van der Waals surface area contributed by atoms with Crippen molar-refractivity contribution in [2.45, 2.75) is 18.6 Å². The van der Waals surface area contributed by atoms with Crippen molar-refractivity contribution in [2.75, 3.05) is 34.3 Å². The van der Waals surface area contributed by atoms with E-state index >= 15 is 0 Å². The first kappa shape index (κ1) is 17.6. The normalized spacial score (nSPS) is 21.0. The Balaban J connectivity index is 1.85. The Morgan fingerprint density at radius 2 is 2.20 bits per heavy atom. The quantitative estimate of drug-likeness (QED) is 0.909. The Morgan fingerprint density at radius 3 is 2.88 bits per heavy atom. The molecular weight excluding hydrogens is 325 g/mol. The van der Waals surface area contributed by atoms with Crippen molar-refractivity contribution in [2.24, 2.45) is 0 Å². The highest BCUT2D eigenvalue weighted by Gasteiger charge is 2.31. The number of carbonyl (C=O) groups excluding carboxylic acids is 1. The van der Waals surface area contributed by atoms with Crippen LogP contribution in [0.4, 0.5) is 4.39 Å². The molecule has 1 aromatic carbocycles. The Labute approximate surface area is 145 Å². The number of aromatic amines is 1. The second-order valence-corrected chi connectivity index (χ2v) is 6.61. The minimum atomic E-state index is -0.459. The van der Waals surface area contributed by atoms with Crippen molar-refractivity contribution in [1.29, 1.82) is 0 Å². The second-order valence-electron chi connectivity index (χ2n) is 6.61. The molecule has 0 spiro atoms. The average molecular weight is 347 g/mol. The molecule has 0 aliphatic carbocycles. The average Bonchev–Trinajstić information content (AvgIpc) is 2.92. The first-order chi connectivity index (χ1) is 11.9. The van der Waals surface area contributed by atoms with Crippen LogP contribution in [0.25, 0.3) is 10.9 Å². The Morgan fingerprint density at radius 1 is 1.44 bits per heavy atom. The summed E-state index contributed by atoms with van der Waals surface area (Å²) in [5, 5.41) is 0.535. The summed E-state index contributed by atoms with van der Waals surface area (Å²) < 4.78 is 18.8. The number of aromatic nitrogens is 1. The van der Waals surface area contributed by atoms with Crippen molar-refractivity contribution < 1.29 is 13.9 Å². The third kappa shape index (κ3) is 3.57. The van der Waals surface area contributed by atoms with E-state index in [1.807, 2.05) is 7.05 Å². The minimum Gasteiger partial charge on any atom is -0.380 e. The number of methoxy groups -OCH3 is 1. The van der Waals surface area contributed by atoms with Crippen LogP contribution < -0.4 is 5.56 Å². The number of amides is 1. The number of rotatable bonds is 4. The zero-order valence-electron chi connectivity index (χ0n) is 14.6. The number of nitrogens with zero attached hydrogens (tertiary/aromatic N) is 2. The lowest BCUT2D eigenvalue weighted by atomic mass is 10.1. The fourth-order valence-electron chi connectivity index (χ4n) is 3.43. The standard InChI is InChI=1S/C18H22FN3O3/c1-21-10-13(25-3)7-12(21)9-22(2)18(24)15-8-17(23)20-16-6-11(19)4-5-14(15)16/h4-6,8,12-13H,7,9-10H2,1-3H3,(H,20,23)/t12-,13-/m0/s1. The molecule has 1 fully saturated rings. The van der Waals surface area contributed by atoms with E-state index in [4.69, 9.17) is 4.74 Å². The van der Waals surface area contributed by atoms with E-state index in [1.165, 1.54) is 24.3 Å². The number of fused-ring (bicyclic) bond motifs is 1. The molecule has 25 heavy (non-hydrogen) atoms. The topological polar surface area (TPSA) is 65.6 Å². The number of hydrogen-bond acceptors (Lipinski definition) is 4. The van der Waals surface area contributed by atoms with Gasteiger partial charge < -0.3 is 14.6 Å². The molecule has 6 nitrogen and oxygen atoms in total. The Kier molecular flexibility index (Phi) is 4.87. The van der Waals surface area contributed by atoms with Gasteiger partial charge in [0.2, 0.25) is 5.56 Å². The van der Waals surface area contributed by atoms with Gasteiger partial charge in [0.05, 0.1) is 17.2 Å². The molecule has 1 aliphatic rings. The van der Waals surface area contributed by atoms with E-state index in [-0.39, 0.29) is 23.6 Å². The van der Waals surface area contributed by atoms with Gasteiger partial charge >= 0.3 is 0 Å². The third-order valence-corrected chi connectivity index (χ3v) is 4.85. The highest BCUT2D eigenvalue weighted by atomic mass is 19.1. The van der Waals surface area contributed by atoms with Crippen LogP contribution in [-0.4, -0.2) is 67.1 Å². The molecule has 1 aromatic heterocycles. The van der Waals surface area contributed by atoms with Crippen molar-refractivity contribution in [3.05, 3.63) is 46.0 Å². The number of carbonyl (C=O) groups is 1. The van der Waals surface area contributed by atoms with Gasteiger partial charge in [0.25, 0.3) is 5.91 Å². The lowest BCUT2D eigenvalue weighted by molar-refractivity contribution is 0.0762. The maximum atomic E-state index is 13.4. The molecule has 134 valence electrons. The number of hydrogen-bond donors (Lipinski definition) is 1. The fourth-order valence-corrected chi connectivity index (χ4v) is 3.43. The fraction of sp³-hybridized carbons (Fsp3) is 0.444. The van der Waals surface area contributed by atoms with Crippen molar-refractivity contribution in [1.82, 2.24) is 14.8 Å². The molecule has 1 N–H and O–H groups in total. The summed E-state index contributed by atoms with van der Waals surface area (Å²) in [5.41, 5.74) is 0.180. The summed E-state index contributed by atoms with van der Waals surface area (Å²) in [6, 6.07) is 5.50. The van der Waals surface area contributed by atoms with Crippen LogP contribution in [0, 0.1) is 5.82 Å². The molecule has 0 saturated carbocycles. The number of H-pyrrole nitrogens is 1. The van der Waals surface area contributed by atoms with Crippen molar-refractivity contribution in [3.8, 4) is 0 Å². The second kappa shape index (κ2) is 6.93. The van der Waals surface area contributed by atoms with Crippen molar-refractivity contribution in [3.63, 3.8) is 0 Å². The lowest BCUT2D eigenvalue weighted by Gasteiger charge is -2.26. The molecule has 2 atom stereocenters. The maximum absolute atomic E-state index is 13.4. The smallest absolute Gasteiger partial charge is 0.254 e. The van der Waals surface area contributed by atoms with E-state index in [0.29, 0.717) is 17.4 Å². The van der Waals surface area contributed by atoms with Gasteiger partial charge in [-0.1, -0.05) is 0 Å².